The molecule has 1 saturated heterocycles. The van der Waals surface area contributed by atoms with Gasteiger partial charge in [0.05, 0.1) is 18.3 Å². The monoisotopic (exact) mass is 305 g/mol. The zero-order valence-electron chi connectivity index (χ0n) is 13.7. The van der Waals surface area contributed by atoms with Gasteiger partial charge in [-0.2, -0.15) is 5.10 Å². The molecule has 0 aromatic carbocycles. The first-order valence-corrected chi connectivity index (χ1v) is 8.36. The summed E-state index contributed by atoms with van der Waals surface area (Å²) in [6, 6.07) is 2.42. The van der Waals surface area contributed by atoms with Crippen LogP contribution in [0.1, 0.15) is 37.4 Å². The number of likely N-dealkylation sites (tertiary alicyclic amines) is 1. The van der Waals surface area contributed by atoms with Crippen molar-refractivity contribution in [3.63, 3.8) is 0 Å². The molecule has 3 rings (SSSR count). The largest absolute Gasteiger partial charge is 0.331 e. The van der Waals surface area contributed by atoms with Crippen molar-refractivity contribution in [2.24, 2.45) is 0 Å². The van der Waals surface area contributed by atoms with Crippen LogP contribution in [0.2, 0.25) is 0 Å². The van der Waals surface area contributed by atoms with Crippen LogP contribution >= 0.6 is 0 Å². The van der Waals surface area contributed by atoms with Crippen LogP contribution in [0.25, 0.3) is 0 Å². The molecule has 1 unspecified atom stereocenters. The zero-order chi connectivity index (χ0) is 15.5. The SMILES string of the molecule is CN(C)C(=O)N1Cc2ccnn2C(CCN2CCCCC2)C1. The van der Waals surface area contributed by atoms with Crippen LogP contribution in [0.3, 0.4) is 0 Å². The molecule has 2 aliphatic heterocycles. The number of nitrogens with zero attached hydrogens (tertiary/aromatic N) is 5. The first kappa shape index (κ1) is 15.3. The standard InChI is InChI=1S/C16H27N5O/c1-18(2)16(22)20-12-14-6-8-17-21(14)15(13-20)7-11-19-9-4-3-5-10-19/h6,8,15H,3-5,7,9-13H2,1-2H3. The Morgan fingerprint density at radius 2 is 2.09 bits per heavy atom. The van der Waals surface area contributed by atoms with Crippen molar-refractivity contribution in [3.05, 3.63) is 18.0 Å². The number of urea groups is 1. The minimum absolute atomic E-state index is 0.0930. The Labute approximate surface area is 132 Å². The van der Waals surface area contributed by atoms with E-state index < -0.39 is 0 Å². The lowest BCUT2D eigenvalue weighted by atomic mass is 10.1. The molecule has 2 amide bonds. The average molecular weight is 305 g/mol. The normalized spacial score (nSPS) is 22.5. The van der Waals surface area contributed by atoms with Gasteiger partial charge in [-0.15, -0.1) is 0 Å². The van der Waals surface area contributed by atoms with E-state index in [1.807, 2.05) is 31.3 Å². The van der Waals surface area contributed by atoms with Crippen molar-refractivity contribution in [2.75, 3.05) is 40.3 Å². The third kappa shape index (κ3) is 3.27. The maximum Gasteiger partial charge on any atom is 0.319 e. The Morgan fingerprint density at radius 1 is 1.32 bits per heavy atom. The second kappa shape index (κ2) is 6.69. The van der Waals surface area contributed by atoms with E-state index in [-0.39, 0.29) is 6.03 Å². The molecule has 0 saturated carbocycles. The van der Waals surface area contributed by atoms with E-state index in [0.717, 1.165) is 25.2 Å². The predicted octanol–water partition coefficient (Wildman–Crippen LogP) is 1.80. The lowest BCUT2D eigenvalue weighted by Crippen LogP contribution is -2.46. The van der Waals surface area contributed by atoms with Crippen molar-refractivity contribution < 1.29 is 4.79 Å². The number of fused-ring (bicyclic) bond motifs is 1. The van der Waals surface area contributed by atoms with Crippen LogP contribution in [0, 0.1) is 0 Å². The van der Waals surface area contributed by atoms with Crippen molar-refractivity contribution in [1.82, 2.24) is 24.5 Å². The molecule has 6 heteroatoms. The summed E-state index contributed by atoms with van der Waals surface area (Å²) >= 11 is 0. The topological polar surface area (TPSA) is 44.6 Å². The van der Waals surface area contributed by atoms with E-state index in [9.17, 15) is 4.79 Å². The van der Waals surface area contributed by atoms with Gasteiger partial charge in [-0.1, -0.05) is 6.42 Å². The van der Waals surface area contributed by atoms with E-state index >= 15 is 0 Å². The van der Waals surface area contributed by atoms with Crippen LogP contribution in [-0.2, 0) is 6.54 Å². The molecular formula is C16H27N5O. The molecule has 3 heterocycles. The fraction of sp³-hybridized carbons (Fsp3) is 0.750. The highest BCUT2D eigenvalue weighted by Crippen LogP contribution is 2.24. The number of aromatic nitrogens is 2. The third-order valence-electron chi connectivity index (χ3n) is 4.76. The maximum absolute atomic E-state index is 12.3. The van der Waals surface area contributed by atoms with Gasteiger partial charge in [-0.3, -0.25) is 4.68 Å². The van der Waals surface area contributed by atoms with Crippen molar-refractivity contribution in [3.8, 4) is 0 Å². The number of hydrogen-bond donors (Lipinski definition) is 0. The summed E-state index contributed by atoms with van der Waals surface area (Å²) in [4.78, 5) is 18.5. The average Bonchev–Trinajstić information content (AvgIpc) is 3.01. The fourth-order valence-corrected chi connectivity index (χ4v) is 3.54. The summed E-state index contributed by atoms with van der Waals surface area (Å²) in [7, 11) is 3.63. The third-order valence-corrected chi connectivity index (χ3v) is 4.76. The van der Waals surface area contributed by atoms with Gasteiger partial charge in [-0.05, 0) is 38.4 Å². The summed E-state index contributed by atoms with van der Waals surface area (Å²) in [5, 5.41) is 4.49. The van der Waals surface area contributed by atoms with Crippen LogP contribution in [0.4, 0.5) is 4.79 Å². The van der Waals surface area contributed by atoms with E-state index in [2.05, 4.69) is 14.7 Å². The first-order valence-electron chi connectivity index (χ1n) is 8.36. The number of piperidine rings is 1. The molecular weight excluding hydrogens is 278 g/mol. The molecule has 1 aromatic heterocycles. The Morgan fingerprint density at radius 3 is 2.82 bits per heavy atom. The van der Waals surface area contributed by atoms with Gasteiger partial charge in [-0.25, -0.2) is 4.79 Å². The lowest BCUT2D eigenvalue weighted by Gasteiger charge is -2.36. The minimum atomic E-state index is 0.0930. The molecule has 0 bridgehead atoms. The molecule has 0 N–H and O–H groups in total. The molecule has 1 aromatic rings. The molecule has 0 radical (unpaired) electrons. The van der Waals surface area contributed by atoms with Gasteiger partial charge in [0.25, 0.3) is 0 Å². The highest BCUT2D eigenvalue weighted by atomic mass is 16.2. The van der Waals surface area contributed by atoms with Crippen molar-refractivity contribution in [1.29, 1.82) is 0 Å². The van der Waals surface area contributed by atoms with Gasteiger partial charge in [0, 0.05) is 33.4 Å². The number of rotatable bonds is 3. The minimum Gasteiger partial charge on any atom is -0.331 e. The van der Waals surface area contributed by atoms with Gasteiger partial charge in [0.1, 0.15) is 0 Å². The Kier molecular flexibility index (Phi) is 4.66. The highest BCUT2D eigenvalue weighted by Gasteiger charge is 2.29. The van der Waals surface area contributed by atoms with Crippen LogP contribution in [0.5, 0.6) is 0 Å². The van der Waals surface area contributed by atoms with Gasteiger partial charge < -0.3 is 14.7 Å². The van der Waals surface area contributed by atoms with Gasteiger partial charge in [0.15, 0.2) is 0 Å². The molecule has 22 heavy (non-hydrogen) atoms. The number of amides is 2. The number of carbonyl (C=O) groups is 1. The summed E-state index contributed by atoms with van der Waals surface area (Å²) in [5.41, 5.74) is 1.14. The molecule has 6 nitrogen and oxygen atoms in total. The maximum atomic E-state index is 12.3. The number of carbonyl (C=O) groups excluding carboxylic acids is 1. The Bertz CT molecular complexity index is 506. The molecule has 0 aliphatic carbocycles. The summed E-state index contributed by atoms with van der Waals surface area (Å²) in [6.45, 7) is 4.97. The van der Waals surface area contributed by atoms with Crippen LogP contribution < -0.4 is 0 Å². The number of hydrogen-bond acceptors (Lipinski definition) is 3. The molecule has 1 atom stereocenters. The zero-order valence-corrected chi connectivity index (χ0v) is 13.7. The van der Waals surface area contributed by atoms with Crippen molar-refractivity contribution >= 4 is 6.03 Å². The first-order chi connectivity index (χ1) is 10.6. The molecule has 2 aliphatic rings. The lowest BCUT2D eigenvalue weighted by molar-refractivity contribution is 0.132. The predicted molar refractivity (Wildman–Crippen MR) is 85.7 cm³/mol. The Hall–Kier alpha value is -1.56. The van der Waals surface area contributed by atoms with E-state index in [0.29, 0.717) is 12.6 Å². The van der Waals surface area contributed by atoms with E-state index in [4.69, 9.17) is 0 Å². The van der Waals surface area contributed by atoms with Crippen LogP contribution in [-0.4, -0.2) is 70.8 Å². The quantitative estimate of drug-likeness (QED) is 0.855. The van der Waals surface area contributed by atoms with E-state index in [1.165, 1.54) is 32.4 Å². The molecule has 0 spiro atoms. The van der Waals surface area contributed by atoms with Crippen molar-refractivity contribution in [2.45, 2.75) is 38.3 Å². The second-order valence-corrected chi connectivity index (χ2v) is 6.67. The second-order valence-electron chi connectivity index (χ2n) is 6.67. The smallest absolute Gasteiger partial charge is 0.319 e. The molecule has 1 fully saturated rings. The highest BCUT2D eigenvalue weighted by molar-refractivity contribution is 5.74. The Balaban J connectivity index is 1.65. The molecule has 122 valence electrons. The summed E-state index contributed by atoms with van der Waals surface area (Å²) < 4.78 is 2.13. The van der Waals surface area contributed by atoms with Gasteiger partial charge >= 0.3 is 6.03 Å². The fourth-order valence-electron chi connectivity index (χ4n) is 3.54. The van der Waals surface area contributed by atoms with Gasteiger partial charge in [0.2, 0.25) is 0 Å². The summed E-state index contributed by atoms with van der Waals surface area (Å²) in [6.07, 6.45) is 6.93. The van der Waals surface area contributed by atoms with E-state index in [1.54, 1.807) is 4.90 Å². The van der Waals surface area contributed by atoms with Crippen LogP contribution in [0.15, 0.2) is 12.3 Å². The summed E-state index contributed by atoms with van der Waals surface area (Å²) in [5.74, 6) is 0.